The van der Waals surface area contributed by atoms with Gasteiger partial charge in [-0.25, -0.2) is 4.98 Å². The largest absolute Gasteiger partial charge is 0.507 e. The van der Waals surface area contributed by atoms with Gasteiger partial charge < -0.3 is 10.8 Å². The molecule has 1 heterocycles. The van der Waals surface area contributed by atoms with E-state index < -0.39 is 0 Å². The summed E-state index contributed by atoms with van der Waals surface area (Å²) in [5.74, 6) is 0.833. The summed E-state index contributed by atoms with van der Waals surface area (Å²) in [6.07, 6.45) is 0. The van der Waals surface area contributed by atoms with Gasteiger partial charge in [-0.1, -0.05) is 0 Å². The Bertz CT molecular complexity index is 935. The molecular formula is C17H17N3O2. The van der Waals surface area contributed by atoms with Crippen molar-refractivity contribution in [2.45, 2.75) is 20.8 Å². The average Bonchev–Trinajstić information content (AvgIpc) is 2.45. The number of nitrogens with two attached hydrogens (primary N) is 1. The minimum absolute atomic E-state index is 0.167. The van der Waals surface area contributed by atoms with Gasteiger partial charge in [-0.2, -0.15) is 0 Å². The first-order valence-corrected chi connectivity index (χ1v) is 6.98. The molecule has 22 heavy (non-hydrogen) atoms. The number of benzene rings is 2. The number of hydrogen-bond donors (Lipinski definition) is 2. The lowest BCUT2D eigenvalue weighted by molar-refractivity contribution is 0.466. The Hall–Kier alpha value is -2.82. The number of phenols is 1. The van der Waals surface area contributed by atoms with Gasteiger partial charge in [0, 0.05) is 5.69 Å². The van der Waals surface area contributed by atoms with Crippen molar-refractivity contribution in [2.24, 2.45) is 0 Å². The minimum Gasteiger partial charge on any atom is -0.507 e. The quantitative estimate of drug-likeness (QED) is 0.676. The lowest BCUT2D eigenvalue weighted by Gasteiger charge is -2.13. The molecule has 0 radical (unpaired) electrons. The zero-order valence-corrected chi connectivity index (χ0v) is 12.7. The molecule has 0 unspecified atom stereocenters. The van der Waals surface area contributed by atoms with Crippen molar-refractivity contribution in [1.82, 2.24) is 9.55 Å². The number of anilines is 1. The van der Waals surface area contributed by atoms with Gasteiger partial charge in [0.2, 0.25) is 0 Å². The molecule has 1 aromatic heterocycles. The summed E-state index contributed by atoms with van der Waals surface area (Å²) in [6, 6.07) is 8.66. The van der Waals surface area contributed by atoms with Gasteiger partial charge >= 0.3 is 0 Å². The number of aryl methyl sites for hydroxylation is 3. The average molecular weight is 295 g/mol. The van der Waals surface area contributed by atoms with Crippen molar-refractivity contribution in [3.63, 3.8) is 0 Å². The highest BCUT2D eigenvalue weighted by molar-refractivity contribution is 5.81. The molecule has 0 aliphatic carbocycles. The van der Waals surface area contributed by atoms with Crippen LogP contribution in [0.4, 0.5) is 5.69 Å². The van der Waals surface area contributed by atoms with Gasteiger partial charge in [0.1, 0.15) is 11.6 Å². The number of rotatable bonds is 1. The maximum absolute atomic E-state index is 12.8. The Morgan fingerprint density at radius 1 is 1.09 bits per heavy atom. The number of phenolic OH excluding ortho intramolecular Hbond substituents is 1. The standard InChI is InChI=1S/C17H17N3O2/c1-9-6-13(7-10(2)16(9)21)20-11(3)19-15-5-4-12(18)8-14(15)17(20)22/h4-8,21H,18H2,1-3H3. The first kappa shape index (κ1) is 14.1. The molecule has 0 atom stereocenters. The third-order valence-corrected chi connectivity index (χ3v) is 3.79. The van der Waals surface area contributed by atoms with Gasteiger partial charge in [0.25, 0.3) is 5.56 Å². The van der Waals surface area contributed by atoms with Gasteiger partial charge in [0.05, 0.1) is 16.6 Å². The Morgan fingerprint density at radius 2 is 1.73 bits per heavy atom. The highest BCUT2D eigenvalue weighted by atomic mass is 16.3. The summed E-state index contributed by atoms with van der Waals surface area (Å²) in [4.78, 5) is 17.3. The third kappa shape index (κ3) is 2.11. The highest BCUT2D eigenvalue weighted by Gasteiger charge is 2.12. The molecule has 0 bridgehead atoms. The monoisotopic (exact) mass is 295 g/mol. The molecule has 0 saturated carbocycles. The van der Waals surface area contributed by atoms with Crippen molar-refractivity contribution in [3.8, 4) is 11.4 Å². The number of nitrogen functional groups attached to an aromatic ring is 1. The molecule has 0 aliphatic heterocycles. The van der Waals surface area contributed by atoms with Crippen molar-refractivity contribution >= 4 is 16.6 Å². The van der Waals surface area contributed by atoms with E-state index in [1.165, 1.54) is 0 Å². The molecule has 5 heteroatoms. The molecule has 0 aliphatic rings. The molecule has 2 aromatic carbocycles. The van der Waals surface area contributed by atoms with Gasteiger partial charge in [-0.05, 0) is 62.2 Å². The first-order chi connectivity index (χ1) is 10.4. The van der Waals surface area contributed by atoms with Crippen LogP contribution in [-0.4, -0.2) is 14.7 Å². The number of hydrogen-bond acceptors (Lipinski definition) is 4. The van der Waals surface area contributed by atoms with Crippen molar-refractivity contribution in [2.75, 3.05) is 5.73 Å². The van der Waals surface area contributed by atoms with Crippen LogP contribution in [0.5, 0.6) is 5.75 Å². The van der Waals surface area contributed by atoms with Crippen LogP contribution in [0.25, 0.3) is 16.6 Å². The highest BCUT2D eigenvalue weighted by Crippen LogP contribution is 2.25. The van der Waals surface area contributed by atoms with Crippen LogP contribution in [0.15, 0.2) is 35.1 Å². The van der Waals surface area contributed by atoms with Crippen molar-refractivity contribution < 1.29 is 5.11 Å². The zero-order valence-electron chi connectivity index (χ0n) is 12.7. The topological polar surface area (TPSA) is 81.1 Å². The Morgan fingerprint density at radius 3 is 2.36 bits per heavy atom. The van der Waals surface area contributed by atoms with E-state index in [1.54, 1.807) is 55.7 Å². The van der Waals surface area contributed by atoms with Crippen molar-refractivity contribution in [3.05, 3.63) is 57.6 Å². The maximum Gasteiger partial charge on any atom is 0.266 e. The van der Waals surface area contributed by atoms with Gasteiger partial charge in [-0.3, -0.25) is 9.36 Å². The summed E-state index contributed by atoms with van der Waals surface area (Å²) in [5.41, 5.74) is 8.88. The Kier molecular flexibility index (Phi) is 3.13. The molecule has 0 saturated heterocycles. The number of aromatic hydroxyl groups is 1. The third-order valence-electron chi connectivity index (χ3n) is 3.79. The molecule has 0 fully saturated rings. The molecule has 112 valence electrons. The van der Waals surface area contributed by atoms with E-state index in [-0.39, 0.29) is 11.3 Å². The second-order valence-electron chi connectivity index (χ2n) is 5.50. The molecule has 0 amide bonds. The van der Waals surface area contributed by atoms with Crippen LogP contribution < -0.4 is 11.3 Å². The minimum atomic E-state index is -0.167. The SMILES string of the molecule is Cc1cc(-n2c(C)nc3ccc(N)cc3c2=O)cc(C)c1O. The number of fused-ring (bicyclic) bond motifs is 1. The molecule has 3 rings (SSSR count). The van der Waals surface area contributed by atoms with Crippen LogP contribution in [0, 0.1) is 20.8 Å². The Balaban J connectivity index is 2.38. The zero-order chi connectivity index (χ0) is 16.0. The maximum atomic E-state index is 12.8. The first-order valence-electron chi connectivity index (χ1n) is 6.98. The van der Waals surface area contributed by atoms with Crippen molar-refractivity contribution in [1.29, 1.82) is 0 Å². The van der Waals surface area contributed by atoms with Crippen LogP contribution in [0.3, 0.4) is 0 Å². The number of aromatic nitrogens is 2. The second-order valence-corrected chi connectivity index (χ2v) is 5.50. The summed E-state index contributed by atoms with van der Waals surface area (Å²) in [6.45, 7) is 5.39. The predicted octanol–water partition coefficient (Wildman–Crippen LogP) is 2.60. The van der Waals surface area contributed by atoms with E-state index in [0.717, 1.165) is 0 Å². The molecular weight excluding hydrogens is 278 g/mol. The van der Waals surface area contributed by atoms with E-state index in [0.29, 0.717) is 39.2 Å². The fourth-order valence-corrected chi connectivity index (χ4v) is 2.68. The van der Waals surface area contributed by atoms with E-state index in [4.69, 9.17) is 5.73 Å². The van der Waals surface area contributed by atoms with E-state index in [2.05, 4.69) is 4.98 Å². The molecule has 5 nitrogen and oxygen atoms in total. The second kappa shape index (κ2) is 4.87. The fraction of sp³-hybridized carbons (Fsp3) is 0.176. The van der Waals surface area contributed by atoms with E-state index >= 15 is 0 Å². The van der Waals surface area contributed by atoms with E-state index in [9.17, 15) is 9.90 Å². The molecule has 3 aromatic rings. The molecule has 0 spiro atoms. The van der Waals surface area contributed by atoms with Crippen LogP contribution in [0.2, 0.25) is 0 Å². The van der Waals surface area contributed by atoms with Crippen LogP contribution in [0.1, 0.15) is 17.0 Å². The lowest BCUT2D eigenvalue weighted by atomic mass is 10.1. The lowest BCUT2D eigenvalue weighted by Crippen LogP contribution is -2.22. The fourth-order valence-electron chi connectivity index (χ4n) is 2.68. The Labute approximate surface area is 127 Å². The van der Waals surface area contributed by atoms with Gasteiger partial charge in [-0.15, -0.1) is 0 Å². The summed E-state index contributed by atoms with van der Waals surface area (Å²) in [5, 5.41) is 10.4. The van der Waals surface area contributed by atoms with Crippen LogP contribution >= 0.6 is 0 Å². The number of nitrogens with zero attached hydrogens (tertiary/aromatic N) is 2. The smallest absolute Gasteiger partial charge is 0.266 e. The summed E-state index contributed by atoms with van der Waals surface area (Å²) in [7, 11) is 0. The van der Waals surface area contributed by atoms with Gasteiger partial charge in [0.15, 0.2) is 0 Å². The predicted molar refractivity (Wildman–Crippen MR) is 87.6 cm³/mol. The molecule has 3 N–H and O–H groups in total. The summed E-state index contributed by atoms with van der Waals surface area (Å²) >= 11 is 0. The van der Waals surface area contributed by atoms with Crippen LogP contribution in [-0.2, 0) is 0 Å². The normalized spacial score (nSPS) is 11.0. The summed E-state index contributed by atoms with van der Waals surface area (Å²) < 4.78 is 1.54. The van der Waals surface area contributed by atoms with E-state index in [1.807, 2.05) is 0 Å².